The molecule has 0 saturated carbocycles. The third kappa shape index (κ3) is 4.82. The summed E-state index contributed by atoms with van der Waals surface area (Å²) < 4.78 is 35.0. The van der Waals surface area contributed by atoms with Gasteiger partial charge in [0.15, 0.2) is 11.1 Å². The summed E-state index contributed by atoms with van der Waals surface area (Å²) in [5.74, 6) is -0.366. The van der Waals surface area contributed by atoms with Crippen molar-refractivity contribution in [1.82, 2.24) is 14.8 Å². The van der Waals surface area contributed by atoms with Crippen molar-refractivity contribution in [1.29, 1.82) is 0 Å². The van der Waals surface area contributed by atoms with Gasteiger partial charge in [-0.05, 0) is 46.5 Å². The topological polar surface area (TPSA) is 85.1 Å². The van der Waals surface area contributed by atoms with Crippen molar-refractivity contribution >= 4 is 11.1 Å². The van der Waals surface area contributed by atoms with Crippen LogP contribution < -0.4 is 5.56 Å². The number of pyridine rings is 1. The van der Waals surface area contributed by atoms with E-state index in [1.54, 1.807) is 55.0 Å². The molecule has 31 heavy (non-hydrogen) atoms. The Morgan fingerprint density at radius 1 is 0.903 bits per heavy atom. The number of hydrogen-bond donors (Lipinski definition) is 1. The predicted octanol–water partition coefficient (Wildman–Crippen LogP) is 3.88. The Bertz CT molecular complexity index is 1270. The summed E-state index contributed by atoms with van der Waals surface area (Å²) in [5, 5.41) is 4.35. The highest BCUT2D eigenvalue weighted by atomic mass is 32.2. The Balaban J connectivity index is 1.82. The summed E-state index contributed by atoms with van der Waals surface area (Å²) in [6.07, 6.45) is 4.91. The van der Waals surface area contributed by atoms with Crippen LogP contribution in [0.1, 0.15) is 11.1 Å². The molecule has 6 nitrogen and oxygen atoms in total. The fourth-order valence-electron chi connectivity index (χ4n) is 3.30. The quantitative estimate of drug-likeness (QED) is 0.465. The lowest BCUT2D eigenvalue weighted by atomic mass is 9.96. The SMILES string of the molecule is O=c1c(-c2ccc(F)cc2)c(-c2ccc(CS(=O)O)cc2)cnn1Cc1ccncc1. The second kappa shape index (κ2) is 9.11. The number of hydrogen-bond acceptors (Lipinski definition) is 4. The van der Waals surface area contributed by atoms with E-state index in [1.807, 2.05) is 12.1 Å². The summed E-state index contributed by atoms with van der Waals surface area (Å²) in [7, 11) is 0. The molecule has 0 aliphatic rings. The van der Waals surface area contributed by atoms with E-state index in [0.29, 0.717) is 22.3 Å². The normalized spacial score (nSPS) is 11.9. The molecule has 0 saturated heterocycles. The highest BCUT2D eigenvalue weighted by Gasteiger charge is 2.16. The van der Waals surface area contributed by atoms with E-state index < -0.39 is 16.9 Å². The van der Waals surface area contributed by atoms with Crippen LogP contribution in [0.4, 0.5) is 4.39 Å². The monoisotopic (exact) mass is 435 g/mol. The van der Waals surface area contributed by atoms with Crippen molar-refractivity contribution in [3.8, 4) is 22.3 Å². The minimum atomic E-state index is -1.94. The van der Waals surface area contributed by atoms with E-state index in [0.717, 1.165) is 11.1 Å². The van der Waals surface area contributed by atoms with Crippen LogP contribution in [0.5, 0.6) is 0 Å². The summed E-state index contributed by atoms with van der Waals surface area (Å²) in [5.41, 5.74) is 3.58. The van der Waals surface area contributed by atoms with Crippen molar-refractivity contribution in [3.63, 3.8) is 0 Å². The minimum absolute atomic E-state index is 0.0247. The number of halogens is 1. The van der Waals surface area contributed by atoms with Gasteiger partial charge in [-0.3, -0.25) is 9.78 Å². The summed E-state index contributed by atoms with van der Waals surface area (Å²) >= 11 is -1.94. The molecule has 0 spiro atoms. The number of rotatable bonds is 6. The lowest BCUT2D eigenvalue weighted by Crippen LogP contribution is -2.25. The molecule has 0 aliphatic heterocycles. The van der Waals surface area contributed by atoms with E-state index in [2.05, 4.69) is 10.1 Å². The second-order valence-corrected chi connectivity index (χ2v) is 7.85. The van der Waals surface area contributed by atoms with Gasteiger partial charge in [-0.25, -0.2) is 13.3 Å². The third-order valence-electron chi connectivity index (χ3n) is 4.81. The van der Waals surface area contributed by atoms with E-state index in [4.69, 9.17) is 4.55 Å². The first-order chi connectivity index (χ1) is 15.0. The van der Waals surface area contributed by atoms with Crippen molar-refractivity contribution in [3.05, 3.63) is 107 Å². The van der Waals surface area contributed by atoms with Gasteiger partial charge >= 0.3 is 0 Å². The van der Waals surface area contributed by atoms with Gasteiger partial charge < -0.3 is 4.55 Å². The zero-order valence-corrected chi connectivity index (χ0v) is 17.1. The van der Waals surface area contributed by atoms with Crippen LogP contribution in [0.15, 0.2) is 84.0 Å². The van der Waals surface area contributed by atoms with E-state index in [9.17, 15) is 13.4 Å². The van der Waals surface area contributed by atoms with E-state index >= 15 is 0 Å². The smallest absolute Gasteiger partial charge is 0.275 e. The second-order valence-electron chi connectivity index (χ2n) is 6.92. The lowest BCUT2D eigenvalue weighted by molar-refractivity contribution is 0.563. The molecular weight excluding hydrogens is 417 g/mol. The molecule has 0 amide bonds. The molecule has 0 fully saturated rings. The van der Waals surface area contributed by atoms with Gasteiger partial charge in [0.25, 0.3) is 5.56 Å². The van der Waals surface area contributed by atoms with Gasteiger partial charge in [0.2, 0.25) is 0 Å². The Hall–Kier alpha value is -3.49. The number of aromatic nitrogens is 3. The lowest BCUT2D eigenvalue weighted by Gasteiger charge is -2.13. The number of benzene rings is 2. The molecular formula is C23H18FN3O3S. The summed E-state index contributed by atoms with van der Waals surface area (Å²) in [4.78, 5) is 17.4. The largest absolute Gasteiger partial charge is 0.306 e. The van der Waals surface area contributed by atoms with Gasteiger partial charge in [0, 0.05) is 18.0 Å². The maximum atomic E-state index is 13.5. The summed E-state index contributed by atoms with van der Waals surface area (Å²) in [6.45, 7) is 0.275. The average molecular weight is 435 g/mol. The molecule has 4 aromatic rings. The van der Waals surface area contributed by atoms with Crippen LogP contribution >= 0.6 is 0 Å². The zero-order chi connectivity index (χ0) is 21.8. The maximum absolute atomic E-state index is 13.5. The van der Waals surface area contributed by atoms with Crippen molar-refractivity contribution in [2.45, 2.75) is 12.3 Å². The first kappa shape index (κ1) is 20.8. The molecule has 1 atom stereocenters. The van der Waals surface area contributed by atoms with Crippen LogP contribution in [0.25, 0.3) is 22.3 Å². The Morgan fingerprint density at radius 3 is 2.19 bits per heavy atom. The predicted molar refractivity (Wildman–Crippen MR) is 117 cm³/mol. The van der Waals surface area contributed by atoms with Gasteiger partial charge in [-0.2, -0.15) is 5.10 Å². The van der Waals surface area contributed by atoms with Crippen LogP contribution in [0.3, 0.4) is 0 Å². The zero-order valence-electron chi connectivity index (χ0n) is 16.3. The Labute approximate surface area is 180 Å². The fourth-order valence-corrected chi connectivity index (χ4v) is 3.78. The number of nitrogens with zero attached hydrogens (tertiary/aromatic N) is 3. The molecule has 1 N–H and O–H groups in total. The first-order valence-corrected chi connectivity index (χ1v) is 10.7. The van der Waals surface area contributed by atoms with Crippen molar-refractivity contribution in [2.75, 3.05) is 0 Å². The van der Waals surface area contributed by atoms with Gasteiger partial charge in [0.05, 0.1) is 24.1 Å². The van der Waals surface area contributed by atoms with E-state index in [-0.39, 0.29) is 17.9 Å². The molecule has 8 heteroatoms. The maximum Gasteiger partial charge on any atom is 0.275 e. The Kier molecular flexibility index (Phi) is 6.11. The molecule has 2 heterocycles. The van der Waals surface area contributed by atoms with Crippen LogP contribution in [-0.4, -0.2) is 23.5 Å². The highest BCUT2D eigenvalue weighted by molar-refractivity contribution is 7.78. The van der Waals surface area contributed by atoms with Crippen molar-refractivity contribution < 1.29 is 13.2 Å². The molecule has 1 unspecified atom stereocenters. The highest BCUT2D eigenvalue weighted by Crippen LogP contribution is 2.29. The van der Waals surface area contributed by atoms with Crippen LogP contribution in [-0.2, 0) is 23.4 Å². The standard InChI is InChI=1S/C23H18FN3O3S/c24-20-7-5-19(6-8-20)22-21(18-3-1-17(2-4-18)15-31(29)30)13-26-27(23(22)28)14-16-9-11-25-12-10-16/h1-13H,14-15H2,(H,29,30). The third-order valence-corrected chi connectivity index (χ3v) is 5.39. The average Bonchev–Trinajstić information content (AvgIpc) is 2.77. The fraction of sp³-hybridized carbons (Fsp3) is 0.0870. The molecule has 156 valence electrons. The molecule has 0 aliphatic carbocycles. The first-order valence-electron chi connectivity index (χ1n) is 9.43. The van der Waals surface area contributed by atoms with Crippen LogP contribution in [0, 0.1) is 5.82 Å². The minimum Gasteiger partial charge on any atom is -0.306 e. The van der Waals surface area contributed by atoms with Gasteiger partial charge in [0.1, 0.15) is 5.82 Å². The molecule has 0 radical (unpaired) electrons. The van der Waals surface area contributed by atoms with Gasteiger partial charge in [-0.15, -0.1) is 0 Å². The van der Waals surface area contributed by atoms with Crippen molar-refractivity contribution in [2.24, 2.45) is 0 Å². The molecule has 0 bridgehead atoms. The van der Waals surface area contributed by atoms with Crippen LogP contribution in [0.2, 0.25) is 0 Å². The van der Waals surface area contributed by atoms with E-state index in [1.165, 1.54) is 16.8 Å². The molecule has 2 aromatic carbocycles. The molecule has 4 rings (SSSR count). The molecule has 2 aromatic heterocycles. The van der Waals surface area contributed by atoms with Gasteiger partial charge in [-0.1, -0.05) is 36.4 Å². The Morgan fingerprint density at radius 2 is 1.55 bits per heavy atom. The summed E-state index contributed by atoms with van der Waals surface area (Å²) in [6, 6.07) is 16.4.